The van der Waals surface area contributed by atoms with Crippen LogP contribution in [0.25, 0.3) is 16.3 Å². The Balaban J connectivity index is 2.54. The molecule has 0 bridgehead atoms. The molecule has 0 aliphatic heterocycles. The Morgan fingerprint density at radius 3 is 2.56 bits per heavy atom. The van der Waals surface area contributed by atoms with Crippen LogP contribution in [0.1, 0.15) is 5.56 Å². The van der Waals surface area contributed by atoms with Gasteiger partial charge in [0.2, 0.25) is 0 Å². The highest BCUT2D eigenvalue weighted by Crippen LogP contribution is 2.21. The molecule has 2 aromatic rings. The molecule has 0 saturated heterocycles. The van der Waals surface area contributed by atoms with Crippen molar-refractivity contribution < 1.29 is 4.79 Å². The molecular weight excluding hydrogens is 216 g/mol. The van der Waals surface area contributed by atoms with E-state index in [2.05, 4.69) is 12.1 Å². The fourth-order valence-electron chi connectivity index (χ4n) is 1.66. The quantitative estimate of drug-likeness (QED) is 0.588. The van der Waals surface area contributed by atoms with E-state index < -0.39 is 0 Å². The third-order valence-electron chi connectivity index (χ3n) is 2.45. The van der Waals surface area contributed by atoms with Crippen LogP contribution in [-0.2, 0) is 4.79 Å². The number of carbonyl (C=O) groups excluding carboxylic acids is 1. The van der Waals surface area contributed by atoms with Crippen LogP contribution in [0.4, 0.5) is 0 Å². The van der Waals surface area contributed by atoms with Gasteiger partial charge >= 0.3 is 0 Å². The van der Waals surface area contributed by atoms with E-state index in [-0.39, 0.29) is 0 Å². The molecule has 0 saturated carbocycles. The molecule has 16 heavy (non-hydrogen) atoms. The van der Waals surface area contributed by atoms with E-state index in [1.54, 1.807) is 11.8 Å². The third kappa shape index (κ3) is 2.17. The van der Waals surface area contributed by atoms with Crippen molar-refractivity contribution in [2.45, 2.75) is 0 Å². The summed E-state index contributed by atoms with van der Waals surface area (Å²) in [7, 11) is 0. The molecule has 80 valence electrons. The highest BCUT2D eigenvalue weighted by atomic mass is 32.2. The van der Waals surface area contributed by atoms with E-state index in [1.807, 2.05) is 42.0 Å². The maximum Gasteiger partial charge on any atom is 0.151 e. The standard InChI is InChI=1S/C14H12OS/c1-16-10-14(9-15)13-7-6-11-4-2-3-5-12(11)8-13/h2-10H,1H3. The number of hydrogen-bond donors (Lipinski definition) is 0. The highest BCUT2D eigenvalue weighted by Gasteiger charge is 2.00. The molecule has 0 spiro atoms. The predicted molar refractivity (Wildman–Crippen MR) is 71.5 cm³/mol. The Morgan fingerprint density at radius 1 is 1.12 bits per heavy atom. The first-order valence-corrected chi connectivity index (χ1v) is 6.31. The minimum atomic E-state index is 0.734. The maximum atomic E-state index is 10.9. The van der Waals surface area contributed by atoms with Gasteiger partial charge in [-0.05, 0) is 34.1 Å². The van der Waals surface area contributed by atoms with Gasteiger partial charge in [-0.15, -0.1) is 11.8 Å². The van der Waals surface area contributed by atoms with Crippen LogP contribution in [0.5, 0.6) is 0 Å². The predicted octanol–water partition coefficient (Wildman–Crippen LogP) is 3.74. The Kier molecular flexibility index (Phi) is 3.42. The number of thioether (sulfide) groups is 1. The summed E-state index contributed by atoms with van der Waals surface area (Å²) >= 11 is 1.54. The van der Waals surface area contributed by atoms with Crippen LogP contribution in [-0.4, -0.2) is 12.5 Å². The zero-order valence-electron chi connectivity index (χ0n) is 9.01. The first-order valence-electron chi connectivity index (χ1n) is 5.02. The molecule has 0 heterocycles. The van der Waals surface area contributed by atoms with E-state index in [0.717, 1.165) is 22.8 Å². The Hall–Kier alpha value is -1.54. The lowest BCUT2D eigenvalue weighted by molar-refractivity contribution is -0.103. The van der Waals surface area contributed by atoms with Crippen molar-refractivity contribution in [2.24, 2.45) is 0 Å². The van der Waals surface area contributed by atoms with Crippen LogP contribution in [0.3, 0.4) is 0 Å². The van der Waals surface area contributed by atoms with Gasteiger partial charge in [0.15, 0.2) is 6.29 Å². The molecule has 0 N–H and O–H groups in total. The first kappa shape index (κ1) is 11.0. The van der Waals surface area contributed by atoms with Crippen molar-refractivity contribution >= 4 is 34.4 Å². The van der Waals surface area contributed by atoms with Crippen LogP contribution in [0.15, 0.2) is 47.9 Å². The van der Waals surface area contributed by atoms with E-state index in [0.29, 0.717) is 0 Å². The van der Waals surface area contributed by atoms with Gasteiger partial charge in [-0.1, -0.05) is 36.4 Å². The summed E-state index contributed by atoms with van der Waals surface area (Å²) in [6.45, 7) is 0. The second-order valence-corrected chi connectivity index (χ2v) is 4.20. The summed E-state index contributed by atoms with van der Waals surface area (Å²) in [4.78, 5) is 10.9. The zero-order valence-corrected chi connectivity index (χ0v) is 9.83. The summed E-state index contributed by atoms with van der Waals surface area (Å²) in [6, 6.07) is 14.2. The van der Waals surface area contributed by atoms with Gasteiger partial charge in [-0.25, -0.2) is 0 Å². The molecule has 0 amide bonds. The highest BCUT2D eigenvalue weighted by molar-refractivity contribution is 8.01. The topological polar surface area (TPSA) is 17.1 Å². The number of benzene rings is 2. The lowest BCUT2D eigenvalue weighted by Crippen LogP contribution is -1.85. The van der Waals surface area contributed by atoms with Crippen LogP contribution in [0, 0.1) is 0 Å². The summed E-state index contributed by atoms with van der Waals surface area (Å²) < 4.78 is 0. The molecule has 0 aromatic heterocycles. The summed E-state index contributed by atoms with van der Waals surface area (Å²) in [5, 5.41) is 4.23. The molecule has 0 fully saturated rings. The van der Waals surface area contributed by atoms with Crippen molar-refractivity contribution in [2.75, 3.05) is 6.26 Å². The first-order chi connectivity index (χ1) is 7.85. The third-order valence-corrected chi connectivity index (χ3v) is 2.94. The summed E-state index contributed by atoms with van der Waals surface area (Å²) in [5.74, 6) is 0. The van der Waals surface area contributed by atoms with E-state index in [4.69, 9.17) is 0 Å². The number of hydrogen-bond acceptors (Lipinski definition) is 2. The van der Waals surface area contributed by atoms with Gasteiger partial charge in [0.25, 0.3) is 0 Å². The van der Waals surface area contributed by atoms with Crippen LogP contribution < -0.4 is 0 Å². The molecule has 1 nitrogen and oxygen atoms in total. The minimum Gasteiger partial charge on any atom is -0.298 e. The Labute approximate surface area is 99.2 Å². The second-order valence-electron chi connectivity index (χ2n) is 3.49. The molecule has 0 atom stereocenters. The maximum absolute atomic E-state index is 10.9. The number of allylic oxidation sites excluding steroid dienone is 1. The van der Waals surface area contributed by atoms with Crippen molar-refractivity contribution in [3.8, 4) is 0 Å². The second kappa shape index (κ2) is 4.99. The largest absolute Gasteiger partial charge is 0.298 e. The van der Waals surface area contributed by atoms with Crippen LogP contribution >= 0.6 is 11.8 Å². The molecule has 0 radical (unpaired) electrons. The lowest BCUT2D eigenvalue weighted by atomic mass is 10.0. The fourth-order valence-corrected chi connectivity index (χ4v) is 2.11. The molecule has 2 aromatic carbocycles. The average molecular weight is 228 g/mol. The van der Waals surface area contributed by atoms with Gasteiger partial charge in [0, 0.05) is 5.57 Å². The van der Waals surface area contributed by atoms with Gasteiger partial charge in [-0.3, -0.25) is 4.79 Å². The van der Waals surface area contributed by atoms with Gasteiger partial charge in [0.05, 0.1) is 0 Å². The molecule has 2 rings (SSSR count). The number of fused-ring (bicyclic) bond motifs is 1. The number of rotatable bonds is 3. The Bertz CT molecular complexity index is 543. The molecule has 0 aliphatic rings. The zero-order chi connectivity index (χ0) is 11.4. The SMILES string of the molecule is CSC=C(C=O)c1ccc2ccccc2c1. The molecular formula is C14H12OS. The smallest absolute Gasteiger partial charge is 0.151 e. The molecule has 2 heteroatoms. The lowest BCUT2D eigenvalue weighted by Gasteiger charge is -2.02. The van der Waals surface area contributed by atoms with Crippen LogP contribution in [0.2, 0.25) is 0 Å². The summed E-state index contributed by atoms with van der Waals surface area (Å²) in [6.07, 6.45) is 2.85. The van der Waals surface area contributed by atoms with E-state index in [9.17, 15) is 4.79 Å². The molecule has 0 aliphatic carbocycles. The molecule has 0 unspecified atom stereocenters. The van der Waals surface area contributed by atoms with Crippen molar-refractivity contribution in [1.29, 1.82) is 0 Å². The van der Waals surface area contributed by atoms with Gasteiger partial charge in [-0.2, -0.15) is 0 Å². The number of aldehydes is 1. The summed E-state index contributed by atoms with van der Waals surface area (Å²) in [5.41, 5.74) is 1.71. The normalized spacial score (nSPS) is 11.7. The monoisotopic (exact) mass is 228 g/mol. The van der Waals surface area contributed by atoms with E-state index >= 15 is 0 Å². The fraction of sp³-hybridized carbons (Fsp3) is 0.0714. The van der Waals surface area contributed by atoms with Gasteiger partial charge in [0.1, 0.15) is 0 Å². The van der Waals surface area contributed by atoms with Gasteiger partial charge < -0.3 is 0 Å². The van der Waals surface area contributed by atoms with Crippen molar-refractivity contribution in [1.82, 2.24) is 0 Å². The average Bonchev–Trinajstić information content (AvgIpc) is 2.35. The van der Waals surface area contributed by atoms with Crippen molar-refractivity contribution in [3.05, 3.63) is 53.4 Å². The Morgan fingerprint density at radius 2 is 1.88 bits per heavy atom. The minimum absolute atomic E-state index is 0.734. The van der Waals surface area contributed by atoms with E-state index in [1.165, 1.54) is 5.39 Å². The van der Waals surface area contributed by atoms with Crippen molar-refractivity contribution in [3.63, 3.8) is 0 Å². The number of carbonyl (C=O) groups is 1.